The summed E-state index contributed by atoms with van der Waals surface area (Å²) in [6, 6.07) is 14.1. The van der Waals surface area contributed by atoms with Crippen LogP contribution in [0.2, 0.25) is 0 Å². The Morgan fingerprint density at radius 1 is 1.00 bits per heavy atom. The third-order valence-corrected chi connectivity index (χ3v) is 3.75. The third-order valence-electron chi connectivity index (χ3n) is 3.75. The summed E-state index contributed by atoms with van der Waals surface area (Å²) in [6.45, 7) is 4.63. The molecule has 0 radical (unpaired) electrons. The van der Waals surface area contributed by atoms with Crippen molar-refractivity contribution >= 4 is 10.8 Å². The summed E-state index contributed by atoms with van der Waals surface area (Å²) < 4.78 is 5.98. The van der Waals surface area contributed by atoms with Crippen molar-refractivity contribution in [3.8, 4) is 11.6 Å². The molecule has 106 valence electrons. The van der Waals surface area contributed by atoms with Crippen LogP contribution in [0.5, 0.6) is 11.6 Å². The molecule has 0 amide bonds. The number of rotatable bonds is 3. The van der Waals surface area contributed by atoms with Gasteiger partial charge in [-0.15, -0.1) is 0 Å². The van der Waals surface area contributed by atoms with Gasteiger partial charge in [0.1, 0.15) is 5.75 Å². The summed E-state index contributed by atoms with van der Waals surface area (Å²) in [5.41, 5.74) is 9.25. The molecule has 2 N–H and O–H groups in total. The number of hydrogen-bond acceptors (Lipinski definition) is 3. The standard InChI is InChI=1S/C18H18N2O/c1-12-7-8-15(9-13(12)2)21-18-17-6-4-3-5-16(17)14(10-19)11-20-18/h3-9,11H,10,19H2,1-2H3. The molecule has 3 aromatic rings. The van der Waals surface area contributed by atoms with Gasteiger partial charge in [0.05, 0.1) is 0 Å². The van der Waals surface area contributed by atoms with Crippen molar-refractivity contribution in [3.05, 3.63) is 65.4 Å². The Morgan fingerprint density at radius 2 is 1.76 bits per heavy atom. The molecule has 0 atom stereocenters. The minimum Gasteiger partial charge on any atom is -0.438 e. The number of nitrogens with two attached hydrogens (primary N) is 1. The molecule has 0 saturated heterocycles. The lowest BCUT2D eigenvalue weighted by Crippen LogP contribution is -2.00. The van der Waals surface area contributed by atoms with E-state index in [1.165, 1.54) is 11.1 Å². The second-order valence-corrected chi connectivity index (χ2v) is 5.19. The second-order valence-electron chi connectivity index (χ2n) is 5.19. The van der Waals surface area contributed by atoms with Gasteiger partial charge in [0.25, 0.3) is 0 Å². The fraction of sp³-hybridized carbons (Fsp3) is 0.167. The number of aromatic nitrogens is 1. The maximum absolute atomic E-state index is 5.98. The van der Waals surface area contributed by atoms with Crippen molar-refractivity contribution in [1.82, 2.24) is 4.98 Å². The van der Waals surface area contributed by atoms with E-state index in [2.05, 4.69) is 24.9 Å². The predicted octanol–water partition coefficient (Wildman–Crippen LogP) is 4.10. The van der Waals surface area contributed by atoms with Crippen LogP contribution in [0.1, 0.15) is 16.7 Å². The number of hydrogen-bond donors (Lipinski definition) is 1. The molecule has 0 fully saturated rings. The summed E-state index contributed by atoms with van der Waals surface area (Å²) in [5.74, 6) is 1.42. The summed E-state index contributed by atoms with van der Waals surface area (Å²) in [4.78, 5) is 4.42. The van der Waals surface area contributed by atoms with E-state index in [0.717, 1.165) is 22.1 Å². The Labute approximate surface area is 124 Å². The van der Waals surface area contributed by atoms with E-state index < -0.39 is 0 Å². The van der Waals surface area contributed by atoms with Gasteiger partial charge in [-0.1, -0.05) is 24.3 Å². The first kappa shape index (κ1) is 13.6. The van der Waals surface area contributed by atoms with E-state index in [-0.39, 0.29) is 0 Å². The highest BCUT2D eigenvalue weighted by molar-refractivity contribution is 5.89. The van der Waals surface area contributed by atoms with Crippen LogP contribution in [0, 0.1) is 13.8 Å². The molecular weight excluding hydrogens is 260 g/mol. The average molecular weight is 278 g/mol. The molecule has 0 aliphatic rings. The van der Waals surface area contributed by atoms with E-state index in [9.17, 15) is 0 Å². The average Bonchev–Trinajstić information content (AvgIpc) is 2.51. The van der Waals surface area contributed by atoms with Crippen LogP contribution in [-0.2, 0) is 6.54 Å². The zero-order chi connectivity index (χ0) is 14.8. The lowest BCUT2D eigenvalue weighted by molar-refractivity contribution is 0.468. The van der Waals surface area contributed by atoms with Crippen LogP contribution in [-0.4, -0.2) is 4.98 Å². The third kappa shape index (κ3) is 2.60. The number of fused-ring (bicyclic) bond motifs is 1. The van der Waals surface area contributed by atoms with Gasteiger partial charge < -0.3 is 10.5 Å². The monoisotopic (exact) mass is 278 g/mol. The SMILES string of the molecule is Cc1ccc(Oc2ncc(CN)c3ccccc23)cc1C. The van der Waals surface area contributed by atoms with E-state index in [4.69, 9.17) is 10.5 Å². The highest BCUT2D eigenvalue weighted by Crippen LogP contribution is 2.30. The minimum atomic E-state index is 0.470. The molecule has 0 saturated carbocycles. The Hall–Kier alpha value is -2.39. The molecule has 0 aliphatic heterocycles. The quantitative estimate of drug-likeness (QED) is 0.784. The van der Waals surface area contributed by atoms with Gasteiger partial charge in [0.15, 0.2) is 0 Å². The summed E-state index contributed by atoms with van der Waals surface area (Å²) in [7, 11) is 0. The number of aryl methyl sites for hydroxylation is 2. The minimum absolute atomic E-state index is 0.470. The van der Waals surface area contributed by atoms with Crippen LogP contribution in [0.4, 0.5) is 0 Å². The van der Waals surface area contributed by atoms with Gasteiger partial charge in [0, 0.05) is 18.1 Å². The Bertz CT molecular complexity index is 796. The van der Waals surface area contributed by atoms with Crippen LogP contribution in [0.25, 0.3) is 10.8 Å². The number of ether oxygens (including phenoxy) is 1. The Morgan fingerprint density at radius 3 is 2.48 bits per heavy atom. The second kappa shape index (κ2) is 5.54. The maximum Gasteiger partial charge on any atom is 0.227 e. The van der Waals surface area contributed by atoms with Crippen molar-refractivity contribution in [2.45, 2.75) is 20.4 Å². The van der Waals surface area contributed by atoms with Crippen LogP contribution >= 0.6 is 0 Å². The molecule has 1 heterocycles. The van der Waals surface area contributed by atoms with Crippen LogP contribution in [0.15, 0.2) is 48.7 Å². The fourth-order valence-corrected chi connectivity index (χ4v) is 2.36. The number of nitrogens with zero attached hydrogens (tertiary/aromatic N) is 1. The zero-order valence-electron chi connectivity index (χ0n) is 12.3. The molecule has 2 aromatic carbocycles. The summed E-state index contributed by atoms with van der Waals surface area (Å²) in [6.07, 6.45) is 1.79. The molecule has 21 heavy (non-hydrogen) atoms. The fourth-order valence-electron chi connectivity index (χ4n) is 2.36. The number of benzene rings is 2. The molecule has 3 rings (SSSR count). The van der Waals surface area contributed by atoms with Crippen molar-refractivity contribution in [1.29, 1.82) is 0 Å². The topological polar surface area (TPSA) is 48.1 Å². The van der Waals surface area contributed by atoms with Gasteiger partial charge in [0.2, 0.25) is 5.88 Å². The van der Waals surface area contributed by atoms with Gasteiger partial charge in [-0.25, -0.2) is 4.98 Å². The lowest BCUT2D eigenvalue weighted by atomic mass is 10.1. The molecule has 0 spiro atoms. The van der Waals surface area contributed by atoms with Crippen molar-refractivity contribution in [3.63, 3.8) is 0 Å². The van der Waals surface area contributed by atoms with Crippen LogP contribution < -0.4 is 10.5 Å². The first-order valence-corrected chi connectivity index (χ1v) is 7.01. The highest BCUT2D eigenvalue weighted by Gasteiger charge is 2.08. The summed E-state index contributed by atoms with van der Waals surface area (Å²) >= 11 is 0. The molecule has 1 aromatic heterocycles. The van der Waals surface area contributed by atoms with Gasteiger partial charge in [-0.3, -0.25) is 0 Å². The van der Waals surface area contributed by atoms with Gasteiger partial charge in [-0.05, 0) is 54.1 Å². The molecule has 0 bridgehead atoms. The van der Waals surface area contributed by atoms with Gasteiger partial charge >= 0.3 is 0 Å². The smallest absolute Gasteiger partial charge is 0.227 e. The first-order chi connectivity index (χ1) is 10.2. The molecular formula is C18H18N2O. The first-order valence-electron chi connectivity index (χ1n) is 7.01. The number of pyridine rings is 1. The highest BCUT2D eigenvalue weighted by atomic mass is 16.5. The van der Waals surface area contributed by atoms with E-state index in [0.29, 0.717) is 12.4 Å². The van der Waals surface area contributed by atoms with Crippen LogP contribution in [0.3, 0.4) is 0 Å². The van der Waals surface area contributed by atoms with Crippen molar-refractivity contribution in [2.75, 3.05) is 0 Å². The Kier molecular flexibility index (Phi) is 3.59. The normalized spacial score (nSPS) is 10.8. The molecule has 3 nitrogen and oxygen atoms in total. The molecule has 3 heteroatoms. The zero-order valence-corrected chi connectivity index (χ0v) is 12.3. The van der Waals surface area contributed by atoms with Gasteiger partial charge in [-0.2, -0.15) is 0 Å². The largest absolute Gasteiger partial charge is 0.438 e. The van der Waals surface area contributed by atoms with E-state index in [1.807, 2.05) is 36.4 Å². The predicted molar refractivity (Wildman–Crippen MR) is 85.6 cm³/mol. The summed E-state index contributed by atoms with van der Waals surface area (Å²) in [5, 5.41) is 2.08. The van der Waals surface area contributed by atoms with Crippen molar-refractivity contribution in [2.24, 2.45) is 5.73 Å². The van der Waals surface area contributed by atoms with E-state index >= 15 is 0 Å². The van der Waals surface area contributed by atoms with Crippen molar-refractivity contribution < 1.29 is 4.74 Å². The maximum atomic E-state index is 5.98. The van der Waals surface area contributed by atoms with E-state index in [1.54, 1.807) is 6.20 Å². The molecule has 0 aliphatic carbocycles. The molecule has 0 unspecified atom stereocenters. The Balaban J connectivity index is 2.06. The lowest BCUT2D eigenvalue weighted by Gasteiger charge is -2.11.